The monoisotopic (exact) mass is 208 g/mol. The van der Waals surface area contributed by atoms with Crippen LogP contribution in [0.3, 0.4) is 0 Å². The van der Waals surface area contributed by atoms with Crippen molar-refractivity contribution in [1.29, 1.82) is 0 Å². The molecule has 2 N–H and O–H groups in total. The first-order valence-corrected chi connectivity index (χ1v) is 5.47. The number of hydrogen-bond donors (Lipinski definition) is 1. The minimum Gasteiger partial charge on any atom is -0.355 e. The van der Waals surface area contributed by atoms with Crippen molar-refractivity contribution in [3.63, 3.8) is 0 Å². The van der Waals surface area contributed by atoms with E-state index in [0.717, 1.165) is 24.4 Å². The molecule has 4 nitrogen and oxygen atoms in total. The van der Waals surface area contributed by atoms with Gasteiger partial charge in [0.2, 0.25) is 0 Å². The third-order valence-electron chi connectivity index (χ3n) is 2.77. The summed E-state index contributed by atoms with van der Waals surface area (Å²) >= 11 is 0. The maximum atomic E-state index is 5.64. The molecule has 0 aromatic carbocycles. The molecule has 1 rings (SSSR count). The molecule has 0 spiro atoms. The molecule has 0 amide bonds. The maximum Gasteiger partial charge on any atom is 0.151 e. The normalized spacial score (nSPS) is 10.7. The number of nitrogens with two attached hydrogens (primary N) is 1. The van der Waals surface area contributed by atoms with Crippen LogP contribution in [0.1, 0.15) is 32.4 Å². The van der Waals surface area contributed by atoms with E-state index in [1.807, 2.05) is 0 Å². The van der Waals surface area contributed by atoms with Gasteiger partial charge in [0.25, 0.3) is 0 Å². The van der Waals surface area contributed by atoms with E-state index in [1.165, 1.54) is 0 Å². The Morgan fingerprint density at radius 2 is 1.87 bits per heavy atom. The highest BCUT2D eigenvalue weighted by atomic mass is 15.2. The smallest absolute Gasteiger partial charge is 0.151 e. The number of aromatic nitrogens is 2. The van der Waals surface area contributed by atoms with Gasteiger partial charge in [-0.15, -0.1) is 0 Å². The van der Waals surface area contributed by atoms with Gasteiger partial charge in [0, 0.05) is 32.0 Å². The highest BCUT2D eigenvalue weighted by molar-refractivity contribution is 5.43. The second kappa shape index (κ2) is 5.66. The molecular formula is C11H20N4. The second-order valence-corrected chi connectivity index (χ2v) is 3.61. The Morgan fingerprint density at radius 1 is 1.27 bits per heavy atom. The number of nitrogens with zero attached hydrogens (tertiary/aromatic N) is 3. The SMILES string of the molecule is CCC(CC)N(C)c1nccnc1CN. The van der Waals surface area contributed by atoms with E-state index in [-0.39, 0.29) is 0 Å². The summed E-state index contributed by atoms with van der Waals surface area (Å²) < 4.78 is 0. The van der Waals surface area contributed by atoms with Crippen molar-refractivity contribution in [1.82, 2.24) is 9.97 Å². The lowest BCUT2D eigenvalue weighted by atomic mass is 10.1. The molecular weight excluding hydrogens is 188 g/mol. The Balaban J connectivity index is 2.93. The molecule has 1 aromatic rings. The van der Waals surface area contributed by atoms with Crippen LogP contribution in [0.2, 0.25) is 0 Å². The fraction of sp³-hybridized carbons (Fsp3) is 0.636. The fourth-order valence-corrected chi connectivity index (χ4v) is 1.81. The van der Waals surface area contributed by atoms with Crippen molar-refractivity contribution in [3.8, 4) is 0 Å². The van der Waals surface area contributed by atoms with E-state index in [4.69, 9.17) is 5.73 Å². The number of rotatable bonds is 5. The highest BCUT2D eigenvalue weighted by Crippen LogP contribution is 2.18. The van der Waals surface area contributed by atoms with E-state index >= 15 is 0 Å². The first-order valence-electron chi connectivity index (χ1n) is 5.47. The van der Waals surface area contributed by atoms with Gasteiger partial charge in [-0.2, -0.15) is 0 Å². The average Bonchev–Trinajstić information content (AvgIpc) is 2.30. The molecule has 0 aliphatic rings. The summed E-state index contributed by atoms with van der Waals surface area (Å²) in [5.74, 6) is 0.911. The summed E-state index contributed by atoms with van der Waals surface area (Å²) in [5.41, 5.74) is 6.51. The molecule has 1 heterocycles. The summed E-state index contributed by atoms with van der Waals surface area (Å²) in [5, 5.41) is 0. The third-order valence-corrected chi connectivity index (χ3v) is 2.77. The molecule has 0 aliphatic heterocycles. The first kappa shape index (κ1) is 11.9. The quantitative estimate of drug-likeness (QED) is 0.798. The molecule has 0 saturated heterocycles. The topological polar surface area (TPSA) is 55.0 Å². The van der Waals surface area contributed by atoms with Gasteiger partial charge in [0.1, 0.15) is 0 Å². The van der Waals surface area contributed by atoms with Crippen molar-refractivity contribution >= 4 is 5.82 Å². The van der Waals surface area contributed by atoms with E-state index in [1.54, 1.807) is 12.4 Å². The van der Waals surface area contributed by atoms with Crippen molar-refractivity contribution in [2.45, 2.75) is 39.3 Å². The maximum absolute atomic E-state index is 5.64. The Bertz CT molecular complexity index is 296. The van der Waals surface area contributed by atoms with Gasteiger partial charge in [0.15, 0.2) is 5.82 Å². The Morgan fingerprint density at radius 3 is 2.40 bits per heavy atom. The molecule has 0 bridgehead atoms. The van der Waals surface area contributed by atoms with Crippen LogP contribution in [-0.4, -0.2) is 23.1 Å². The van der Waals surface area contributed by atoms with Gasteiger partial charge in [-0.25, -0.2) is 4.98 Å². The molecule has 0 radical (unpaired) electrons. The third kappa shape index (κ3) is 2.65. The van der Waals surface area contributed by atoms with Gasteiger partial charge in [-0.1, -0.05) is 13.8 Å². The molecule has 4 heteroatoms. The molecule has 84 valence electrons. The van der Waals surface area contributed by atoms with Crippen LogP contribution in [0.4, 0.5) is 5.82 Å². The first-order chi connectivity index (χ1) is 7.24. The lowest BCUT2D eigenvalue weighted by Gasteiger charge is -2.28. The minimum atomic E-state index is 0.438. The van der Waals surface area contributed by atoms with Crippen LogP contribution in [0, 0.1) is 0 Å². The molecule has 1 aromatic heterocycles. The van der Waals surface area contributed by atoms with Crippen LogP contribution >= 0.6 is 0 Å². The summed E-state index contributed by atoms with van der Waals surface area (Å²) in [6.07, 6.45) is 5.61. The molecule has 15 heavy (non-hydrogen) atoms. The molecule has 0 saturated carbocycles. The fourth-order valence-electron chi connectivity index (χ4n) is 1.81. The van der Waals surface area contributed by atoms with Crippen LogP contribution in [0.15, 0.2) is 12.4 Å². The van der Waals surface area contributed by atoms with Gasteiger partial charge >= 0.3 is 0 Å². The number of hydrogen-bond acceptors (Lipinski definition) is 4. The van der Waals surface area contributed by atoms with E-state index < -0.39 is 0 Å². The lowest BCUT2D eigenvalue weighted by Crippen LogP contribution is -2.32. The van der Waals surface area contributed by atoms with E-state index in [0.29, 0.717) is 12.6 Å². The predicted octanol–water partition coefficient (Wildman–Crippen LogP) is 1.56. The standard InChI is InChI=1S/C11H20N4/c1-4-9(5-2)15(3)11-10(8-12)13-6-7-14-11/h6-7,9H,4-5,8,12H2,1-3H3. The van der Waals surface area contributed by atoms with Crippen molar-refractivity contribution in [2.75, 3.05) is 11.9 Å². The zero-order valence-corrected chi connectivity index (χ0v) is 9.77. The van der Waals surface area contributed by atoms with Crippen LogP contribution in [-0.2, 0) is 6.54 Å². The van der Waals surface area contributed by atoms with Crippen molar-refractivity contribution < 1.29 is 0 Å². The molecule has 0 aliphatic carbocycles. The van der Waals surface area contributed by atoms with Crippen LogP contribution in [0.25, 0.3) is 0 Å². The van der Waals surface area contributed by atoms with Gasteiger partial charge in [-0.3, -0.25) is 4.98 Å². The minimum absolute atomic E-state index is 0.438. The Kier molecular flexibility index (Phi) is 4.49. The predicted molar refractivity (Wildman–Crippen MR) is 62.7 cm³/mol. The largest absolute Gasteiger partial charge is 0.355 e. The summed E-state index contributed by atoms with van der Waals surface area (Å²) in [6, 6.07) is 0.506. The summed E-state index contributed by atoms with van der Waals surface area (Å²) in [6.45, 7) is 4.81. The van der Waals surface area contributed by atoms with Crippen LogP contribution < -0.4 is 10.6 Å². The Hall–Kier alpha value is -1.16. The van der Waals surface area contributed by atoms with Gasteiger partial charge in [-0.05, 0) is 12.8 Å². The van der Waals surface area contributed by atoms with Gasteiger partial charge < -0.3 is 10.6 Å². The summed E-state index contributed by atoms with van der Waals surface area (Å²) in [4.78, 5) is 10.8. The Labute approximate surface area is 91.5 Å². The average molecular weight is 208 g/mol. The van der Waals surface area contributed by atoms with Gasteiger partial charge in [0.05, 0.1) is 5.69 Å². The zero-order chi connectivity index (χ0) is 11.3. The summed E-state index contributed by atoms with van der Waals surface area (Å²) in [7, 11) is 2.06. The van der Waals surface area contributed by atoms with Crippen LogP contribution in [0.5, 0.6) is 0 Å². The molecule has 0 fully saturated rings. The molecule has 0 unspecified atom stereocenters. The van der Waals surface area contributed by atoms with Crippen molar-refractivity contribution in [3.05, 3.63) is 18.1 Å². The highest BCUT2D eigenvalue weighted by Gasteiger charge is 2.15. The second-order valence-electron chi connectivity index (χ2n) is 3.61. The number of anilines is 1. The van der Waals surface area contributed by atoms with E-state index in [9.17, 15) is 0 Å². The van der Waals surface area contributed by atoms with Crippen molar-refractivity contribution in [2.24, 2.45) is 5.73 Å². The molecule has 0 atom stereocenters. The van der Waals surface area contributed by atoms with E-state index in [2.05, 4.69) is 35.8 Å². The zero-order valence-electron chi connectivity index (χ0n) is 9.77. The lowest BCUT2D eigenvalue weighted by molar-refractivity contribution is 0.583.